The molecular weight excluding hydrogens is 329 g/mol. The van der Waals surface area contributed by atoms with Gasteiger partial charge in [-0.05, 0) is 30.3 Å². The number of carbonyl (C=O) groups is 1. The molecule has 0 aliphatic carbocycles. The highest BCUT2D eigenvalue weighted by molar-refractivity contribution is 5.98. The Morgan fingerprint density at radius 3 is 2.62 bits per heavy atom. The number of aromatic nitrogens is 2. The summed E-state index contributed by atoms with van der Waals surface area (Å²) in [5.74, 6) is 0.364. The van der Waals surface area contributed by atoms with Gasteiger partial charge in [-0.2, -0.15) is 13.2 Å². The van der Waals surface area contributed by atoms with Crippen molar-refractivity contribution in [3.8, 4) is 11.7 Å². The maximum atomic E-state index is 12.6. The van der Waals surface area contributed by atoms with Crippen LogP contribution in [0.2, 0.25) is 0 Å². The average molecular weight is 338 g/mol. The minimum absolute atomic E-state index is 0.0342. The summed E-state index contributed by atoms with van der Waals surface area (Å²) in [4.78, 5) is 11.8. The summed E-state index contributed by atoms with van der Waals surface area (Å²) >= 11 is 0. The Morgan fingerprint density at radius 1 is 1.08 bits per heavy atom. The summed E-state index contributed by atoms with van der Waals surface area (Å²) in [7, 11) is 0. The van der Waals surface area contributed by atoms with Crippen LogP contribution in [0.1, 0.15) is 5.56 Å². The van der Waals surface area contributed by atoms with Crippen LogP contribution in [0.15, 0.2) is 51.5 Å². The third-order valence-corrected chi connectivity index (χ3v) is 2.83. The Labute approximate surface area is 132 Å². The summed E-state index contributed by atoms with van der Waals surface area (Å²) in [6, 6.07) is 6.34. The van der Waals surface area contributed by atoms with Crippen molar-refractivity contribution in [1.29, 1.82) is 0 Å². The summed E-state index contributed by atoms with van der Waals surface area (Å²) in [6.07, 6.45) is -3.09. The van der Waals surface area contributed by atoms with E-state index >= 15 is 0 Å². The van der Waals surface area contributed by atoms with Crippen molar-refractivity contribution >= 4 is 17.7 Å². The van der Waals surface area contributed by atoms with Gasteiger partial charge in [-0.15, -0.1) is 5.10 Å². The Hall–Kier alpha value is -3.30. The SMILES string of the molecule is O=C(Nc1cccc(C(F)(F)F)c1)Nc1nnc(-c2ccco2)o1. The molecule has 0 bridgehead atoms. The number of rotatable bonds is 3. The molecule has 2 heterocycles. The summed E-state index contributed by atoms with van der Waals surface area (Å²) in [6.45, 7) is 0. The van der Waals surface area contributed by atoms with E-state index in [1.54, 1.807) is 12.1 Å². The molecule has 2 N–H and O–H groups in total. The van der Waals surface area contributed by atoms with Crippen molar-refractivity contribution in [3.63, 3.8) is 0 Å². The molecule has 7 nitrogen and oxygen atoms in total. The van der Waals surface area contributed by atoms with Crippen LogP contribution in [0.5, 0.6) is 0 Å². The molecule has 0 unspecified atom stereocenters. The van der Waals surface area contributed by atoms with Crippen molar-refractivity contribution in [3.05, 3.63) is 48.2 Å². The van der Waals surface area contributed by atoms with Gasteiger partial charge in [0.1, 0.15) is 0 Å². The second kappa shape index (κ2) is 6.07. The number of alkyl halides is 3. The monoisotopic (exact) mass is 338 g/mol. The van der Waals surface area contributed by atoms with Gasteiger partial charge in [0.25, 0.3) is 5.89 Å². The third-order valence-electron chi connectivity index (χ3n) is 2.83. The third kappa shape index (κ3) is 3.54. The molecule has 10 heteroatoms. The normalized spacial score (nSPS) is 11.3. The standard InChI is InChI=1S/C14H9F3N4O3/c15-14(16,17)8-3-1-4-9(7-8)18-12(22)19-13-21-20-11(24-13)10-5-2-6-23-10/h1-7H,(H2,18,19,21,22). The first-order valence-corrected chi connectivity index (χ1v) is 6.54. The summed E-state index contributed by atoms with van der Waals surface area (Å²) < 4.78 is 48.1. The van der Waals surface area contributed by atoms with Gasteiger partial charge in [-0.25, -0.2) is 4.79 Å². The highest BCUT2D eigenvalue weighted by Crippen LogP contribution is 2.30. The van der Waals surface area contributed by atoms with E-state index in [0.29, 0.717) is 5.76 Å². The van der Waals surface area contributed by atoms with Gasteiger partial charge in [0.2, 0.25) is 0 Å². The molecule has 1 aromatic carbocycles. The van der Waals surface area contributed by atoms with Gasteiger partial charge in [-0.1, -0.05) is 11.2 Å². The Bertz CT molecular complexity index is 843. The van der Waals surface area contributed by atoms with Crippen molar-refractivity contribution in [2.45, 2.75) is 6.18 Å². The number of urea groups is 1. The van der Waals surface area contributed by atoms with E-state index in [9.17, 15) is 18.0 Å². The van der Waals surface area contributed by atoms with Crippen LogP contribution < -0.4 is 10.6 Å². The van der Waals surface area contributed by atoms with Gasteiger partial charge in [0.05, 0.1) is 11.8 Å². The van der Waals surface area contributed by atoms with Crippen LogP contribution in [0.3, 0.4) is 0 Å². The molecule has 0 spiro atoms. The molecule has 0 saturated heterocycles. The predicted molar refractivity (Wildman–Crippen MR) is 76.1 cm³/mol. The van der Waals surface area contributed by atoms with Crippen LogP contribution in [-0.4, -0.2) is 16.2 Å². The number of nitrogens with one attached hydrogen (secondary N) is 2. The van der Waals surface area contributed by atoms with Gasteiger partial charge in [-0.3, -0.25) is 5.32 Å². The number of amides is 2. The Morgan fingerprint density at radius 2 is 1.92 bits per heavy atom. The zero-order chi connectivity index (χ0) is 17.2. The number of hydrogen-bond acceptors (Lipinski definition) is 5. The van der Waals surface area contributed by atoms with Crippen LogP contribution in [0, 0.1) is 0 Å². The molecular formula is C14H9F3N4O3. The lowest BCUT2D eigenvalue weighted by atomic mass is 10.2. The van der Waals surface area contributed by atoms with Crippen LogP contribution >= 0.6 is 0 Å². The fourth-order valence-corrected chi connectivity index (χ4v) is 1.81. The fraction of sp³-hybridized carbons (Fsp3) is 0.0714. The van der Waals surface area contributed by atoms with Gasteiger partial charge < -0.3 is 14.2 Å². The second-order valence-corrected chi connectivity index (χ2v) is 4.55. The van der Waals surface area contributed by atoms with E-state index in [0.717, 1.165) is 12.1 Å². The number of anilines is 2. The quantitative estimate of drug-likeness (QED) is 0.753. The number of benzene rings is 1. The zero-order valence-corrected chi connectivity index (χ0v) is 11.8. The molecule has 0 aliphatic heterocycles. The first-order chi connectivity index (χ1) is 11.4. The van der Waals surface area contributed by atoms with E-state index in [2.05, 4.69) is 20.8 Å². The van der Waals surface area contributed by atoms with Crippen molar-refractivity contribution in [2.24, 2.45) is 0 Å². The number of furan rings is 1. The molecule has 0 aliphatic rings. The van der Waals surface area contributed by atoms with Crippen molar-refractivity contribution in [2.75, 3.05) is 10.6 Å². The van der Waals surface area contributed by atoms with E-state index in [4.69, 9.17) is 8.83 Å². The first kappa shape index (κ1) is 15.6. The minimum atomic E-state index is -4.50. The maximum Gasteiger partial charge on any atom is 0.416 e. The second-order valence-electron chi connectivity index (χ2n) is 4.55. The molecule has 3 aromatic rings. The van der Waals surface area contributed by atoms with E-state index < -0.39 is 17.8 Å². The molecule has 2 aromatic heterocycles. The Balaban J connectivity index is 1.66. The highest BCUT2D eigenvalue weighted by Gasteiger charge is 2.30. The van der Waals surface area contributed by atoms with Crippen LogP contribution in [0.25, 0.3) is 11.7 Å². The van der Waals surface area contributed by atoms with E-state index in [-0.39, 0.29) is 17.6 Å². The molecule has 0 atom stereocenters. The summed E-state index contributed by atoms with van der Waals surface area (Å²) in [5, 5.41) is 11.7. The van der Waals surface area contributed by atoms with Gasteiger partial charge in [0.15, 0.2) is 5.76 Å². The number of nitrogens with zero attached hydrogens (tertiary/aromatic N) is 2. The molecule has 2 amide bonds. The highest BCUT2D eigenvalue weighted by atomic mass is 19.4. The fourth-order valence-electron chi connectivity index (χ4n) is 1.81. The maximum absolute atomic E-state index is 12.6. The van der Waals surface area contributed by atoms with E-state index in [1.807, 2.05) is 0 Å². The topological polar surface area (TPSA) is 93.2 Å². The number of hydrogen-bond donors (Lipinski definition) is 2. The Kier molecular flexibility index (Phi) is 3.94. The largest absolute Gasteiger partial charge is 0.459 e. The lowest BCUT2D eigenvalue weighted by Crippen LogP contribution is -2.20. The zero-order valence-electron chi connectivity index (χ0n) is 11.8. The van der Waals surface area contributed by atoms with Gasteiger partial charge >= 0.3 is 18.2 Å². The van der Waals surface area contributed by atoms with Crippen molar-refractivity contribution in [1.82, 2.24) is 10.2 Å². The van der Waals surface area contributed by atoms with Gasteiger partial charge in [0, 0.05) is 5.69 Å². The van der Waals surface area contributed by atoms with E-state index in [1.165, 1.54) is 18.4 Å². The molecule has 124 valence electrons. The van der Waals surface area contributed by atoms with Crippen LogP contribution in [0.4, 0.5) is 29.7 Å². The molecule has 0 radical (unpaired) electrons. The lowest BCUT2D eigenvalue weighted by molar-refractivity contribution is -0.137. The smallest absolute Gasteiger partial charge is 0.416 e. The van der Waals surface area contributed by atoms with Crippen LogP contribution in [-0.2, 0) is 6.18 Å². The molecule has 0 saturated carbocycles. The average Bonchev–Trinajstić information content (AvgIpc) is 3.17. The molecule has 3 rings (SSSR count). The first-order valence-electron chi connectivity index (χ1n) is 6.54. The predicted octanol–water partition coefficient (Wildman–Crippen LogP) is 3.99. The minimum Gasteiger partial charge on any atom is -0.459 e. The molecule has 0 fully saturated rings. The lowest BCUT2D eigenvalue weighted by Gasteiger charge is -2.09. The number of halogens is 3. The summed E-state index contributed by atoms with van der Waals surface area (Å²) in [5.41, 5.74) is -0.911. The number of carbonyl (C=O) groups excluding carboxylic acids is 1. The molecule has 24 heavy (non-hydrogen) atoms. The van der Waals surface area contributed by atoms with Crippen molar-refractivity contribution < 1.29 is 26.8 Å².